The van der Waals surface area contributed by atoms with Gasteiger partial charge in [0.05, 0.1) is 0 Å². The first kappa shape index (κ1) is 18.0. The van der Waals surface area contributed by atoms with E-state index >= 15 is 0 Å². The zero-order chi connectivity index (χ0) is 16.8. The molecule has 2 amide bonds. The fourth-order valence-electron chi connectivity index (χ4n) is 1.71. The molecule has 0 aliphatic carbocycles. The van der Waals surface area contributed by atoms with Crippen LogP contribution in [0.4, 0.5) is 10.5 Å². The van der Waals surface area contributed by atoms with E-state index in [0.717, 1.165) is 12.0 Å². The van der Waals surface area contributed by atoms with E-state index in [2.05, 4.69) is 10.6 Å². The van der Waals surface area contributed by atoms with Crippen molar-refractivity contribution in [2.45, 2.75) is 46.6 Å². The van der Waals surface area contributed by atoms with E-state index < -0.39 is 11.7 Å². The van der Waals surface area contributed by atoms with Crippen LogP contribution in [0.5, 0.6) is 0 Å². The van der Waals surface area contributed by atoms with Gasteiger partial charge in [-0.25, -0.2) is 4.79 Å². The molecule has 0 fully saturated rings. The number of rotatable bonds is 5. The van der Waals surface area contributed by atoms with Crippen molar-refractivity contribution in [3.63, 3.8) is 0 Å². The van der Waals surface area contributed by atoms with Crippen LogP contribution >= 0.6 is 0 Å². The van der Waals surface area contributed by atoms with Gasteiger partial charge in [0.15, 0.2) is 0 Å². The summed E-state index contributed by atoms with van der Waals surface area (Å²) >= 11 is 0. The fraction of sp³-hybridized carbons (Fsp3) is 0.529. The zero-order valence-electron chi connectivity index (χ0n) is 14.0. The number of carbonyl (C=O) groups excluding carboxylic acids is 2. The minimum Gasteiger partial charge on any atom is -0.444 e. The molecule has 0 heterocycles. The molecule has 0 saturated heterocycles. The second-order valence-corrected chi connectivity index (χ2v) is 6.52. The molecule has 22 heavy (non-hydrogen) atoms. The summed E-state index contributed by atoms with van der Waals surface area (Å²) in [6, 6.07) is 7.50. The lowest BCUT2D eigenvalue weighted by atomic mass is 10.1. The summed E-state index contributed by atoms with van der Waals surface area (Å²) < 4.78 is 5.19. The Labute approximate surface area is 132 Å². The topological polar surface area (TPSA) is 67.4 Å². The van der Waals surface area contributed by atoms with E-state index in [1.54, 1.807) is 0 Å². The Kier molecular flexibility index (Phi) is 6.40. The fourth-order valence-corrected chi connectivity index (χ4v) is 1.71. The number of hydrogen-bond acceptors (Lipinski definition) is 3. The van der Waals surface area contributed by atoms with Crippen LogP contribution in [0.3, 0.4) is 0 Å². The monoisotopic (exact) mass is 306 g/mol. The molecule has 0 radical (unpaired) electrons. The average molecular weight is 306 g/mol. The Balaban J connectivity index is 2.43. The molecule has 1 aromatic rings. The van der Waals surface area contributed by atoms with E-state index in [1.807, 2.05) is 58.9 Å². The van der Waals surface area contributed by atoms with Gasteiger partial charge in [-0.1, -0.05) is 26.0 Å². The summed E-state index contributed by atoms with van der Waals surface area (Å²) in [5, 5.41) is 5.56. The van der Waals surface area contributed by atoms with E-state index in [1.165, 1.54) is 0 Å². The number of nitrogens with one attached hydrogen (secondary N) is 2. The minimum atomic E-state index is -0.515. The zero-order valence-corrected chi connectivity index (χ0v) is 14.0. The van der Waals surface area contributed by atoms with Crippen molar-refractivity contribution in [1.82, 2.24) is 5.32 Å². The molecule has 0 unspecified atom stereocenters. The maximum Gasteiger partial charge on any atom is 0.412 e. The lowest BCUT2D eigenvalue weighted by molar-refractivity contribution is -0.123. The van der Waals surface area contributed by atoms with Crippen molar-refractivity contribution >= 4 is 17.7 Å². The van der Waals surface area contributed by atoms with Crippen LogP contribution < -0.4 is 10.6 Å². The average Bonchev–Trinajstić information content (AvgIpc) is 2.38. The number of ether oxygens (including phenoxy) is 1. The summed E-state index contributed by atoms with van der Waals surface area (Å²) in [7, 11) is 0. The highest BCUT2D eigenvalue weighted by Gasteiger charge is 2.16. The van der Waals surface area contributed by atoms with Crippen LogP contribution in [0.15, 0.2) is 24.3 Å². The van der Waals surface area contributed by atoms with E-state index in [9.17, 15) is 9.59 Å². The number of benzene rings is 1. The number of carbonyl (C=O) groups is 2. The van der Waals surface area contributed by atoms with E-state index in [4.69, 9.17) is 4.74 Å². The van der Waals surface area contributed by atoms with Crippen LogP contribution in [-0.4, -0.2) is 24.1 Å². The summed E-state index contributed by atoms with van der Waals surface area (Å²) in [5.74, 6) is 0.0589. The molecule has 0 aliphatic heterocycles. The van der Waals surface area contributed by atoms with Crippen molar-refractivity contribution in [3.8, 4) is 0 Å². The number of amides is 2. The number of anilines is 1. The molecule has 0 saturated carbocycles. The van der Waals surface area contributed by atoms with Crippen molar-refractivity contribution in [2.24, 2.45) is 5.92 Å². The van der Waals surface area contributed by atoms with Gasteiger partial charge in [0.2, 0.25) is 5.91 Å². The molecule has 5 nitrogen and oxygen atoms in total. The van der Waals surface area contributed by atoms with Crippen LogP contribution in [0, 0.1) is 5.92 Å². The highest BCUT2D eigenvalue weighted by molar-refractivity contribution is 5.84. The van der Waals surface area contributed by atoms with Crippen LogP contribution in [0.1, 0.15) is 40.2 Å². The molecule has 1 aromatic carbocycles. The van der Waals surface area contributed by atoms with Crippen molar-refractivity contribution < 1.29 is 14.3 Å². The van der Waals surface area contributed by atoms with Gasteiger partial charge in [-0.05, 0) is 44.9 Å². The normalized spacial score (nSPS) is 11.2. The predicted molar refractivity (Wildman–Crippen MR) is 87.9 cm³/mol. The maximum atomic E-state index is 11.6. The summed E-state index contributed by atoms with van der Waals surface area (Å²) in [6.07, 6.45) is 0.287. The molecule has 2 N–H and O–H groups in total. The molecule has 0 aliphatic rings. The summed E-state index contributed by atoms with van der Waals surface area (Å²) in [6.45, 7) is 9.80. The van der Waals surface area contributed by atoms with Crippen molar-refractivity contribution in [3.05, 3.63) is 29.8 Å². The third-order valence-corrected chi connectivity index (χ3v) is 2.84. The molecule has 122 valence electrons. The molecule has 0 atom stereocenters. The highest BCUT2D eigenvalue weighted by atomic mass is 16.6. The Morgan fingerprint density at radius 1 is 1.14 bits per heavy atom. The predicted octanol–water partition coefficient (Wildman–Crippen LogP) is 3.35. The molecular weight excluding hydrogens is 280 g/mol. The van der Waals surface area contributed by atoms with Crippen molar-refractivity contribution in [1.29, 1.82) is 0 Å². The van der Waals surface area contributed by atoms with Crippen LogP contribution in [-0.2, 0) is 16.0 Å². The van der Waals surface area contributed by atoms with Crippen LogP contribution in [0.25, 0.3) is 0 Å². The van der Waals surface area contributed by atoms with Crippen molar-refractivity contribution in [2.75, 3.05) is 11.9 Å². The highest BCUT2D eigenvalue weighted by Crippen LogP contribution is 2.13. The first-order chi connectivity index (χ1) is 10.2. The molecule has 1 rings (SSSR count). The van der Waals surface area contributed by atoms with Gasteiger partial charge >= 0.3 is 6.09 Å². The SMILES string of the molecule is CC(C)C(=O)NCCc1ccc(NC(=O)OC(C)(C)C)cc1. The van der Waals surface area contributed by atoms with Gasteiger partial charge in [-0.15, -0.1) is 0 Å². The molecule has 5 heteroatoms. The van der Waals surface area contributed by atoms with E-state index in [0.29, 0.717) is 12.2 Å². The minimum absolute atomic E-state index is 0.000375. The standard InChI is InChI=1S/C17H26N2O3/c1-12(2)15(20)18-11-10-13-6-8-14(9-7-13)19-16(21)22-17(3,4)5/h6-9,12H,10-11H2,1-5H3,(H,18,20)(H,19,21). The molecular formula is C17H26N2O3. The second kappa shape index (κ2) is 7.82. The first-order valence-corrected chi connectivity index (χ1v) is 7.54. The lowest BCUT2D eigenvalue weighted by Gasteiger charge is -2.19. The quantitative estimate of drug-likeness (QED) is 0.876. The van der Waals surface area contributed by atoms with Gasteiger partial charge in [0.1, 0.15) is 5.60 Å². The Morgan fingerprint density at radius 2 is 1.73 bits per heavy atom. The Hall–Kier alpha value is -2.04. The molecule has 0 spiro atoms. The third-order valence-electron chi connectivity index (χ3n) is 2.84. The largest absolute Gasteiger partial charge is 0.444 e. The van der Waals surface area contributed by atoms with Gasteiger partial charge in [-0.2, -0.15) is 0 Å². The van der Waals surface area contributed by atoms with E-state index in [-0.39, 0.29) is 11.8 Å². The smallest absolute Gasteiger partial charge is 0.412 e. The second-order valence-electron chi connectivity index (χ2n) is 6.52. The van der Waals surface area contributed by atoms with Gasteiger partial charge in [0, 0.05) is 18.2 Å². The first-order valence-electron chi connectivity index (χ1n) is 7.54. The lowest BCUT2D eigenvalue weighted by Crippen LogP contribution is -2.29. The van der Waals surface area contributed by atoms with Crippen LogP contribution in [0.2, 0.25) is 0 Å². The van der Waals surface area contributed by atoms with Gasteiger partial charge in [0.25, 0.3) is 0 Å². The van der Waals surface area contributed by atoms with Gasteiger partial charge < -0.3 is 10.1 Å². The molecule has 0 aromatic heterocycles. The van der Waals surface area contributed by atoms with Gasteiger partial charge in [-0.3, -0.25) is 10.1 Å². The molecule has 0 bridgehead atoms. The Morgan fingerprint density at radius 3 is 2.23 bits per heavy atom. The number of hydrogen-bond donors (Lipinski definition) is 2. The summed E-state index contributed by atoms with van der Waals surface area (Å²) in [4.78, 5) is 23.1. The Bertz CT molecular complexity index is 502. The summed E-state index contributed by atoms with van der Waals surface area (Å²) in [5.41, 5.74) is 1.27. The third kappa shape index (κ3) is 7.11. The maximum absolute atomic E-state index is 11.6.